The van der Waals surface area contributed by atoms with E-state index in [0.29, 0.717) is 12.8 Å². The number of Topliss-reactive ketones (excluding diaryl/α,β-unsaturated/α-hetero) is 1. The zero-order valence-corrected chi connectivity index (χ0v) is 37.3. The van der Waals surface area contributed by atoms with E-state index < -0.39 is 55.6 Å². The smallest absolute Gasteiger partial charge is 0.220 e. The lowest BCUT2D eigenvalue weighted by molar-refractivity contribution is -0.284. The van der Waals surface area contributed by atoms with Crippen LogP contribution in [0.3, 0.4) is 0 Å². The van der Waals surface area contributed by atoms with Crippen molar-refractivity contribution in [3.8, 4) is 0 Å². The van der Waals surface area contributed by atoms with Crippen LogP contribution in [0.1, 0.15) is 122 Å². The number of ketones is 1. The first-order valence-corrected chi connectivity index (χ1v) is 25.4. The fourth-order valence-electron chi connectivity index (χ4n) is 8.46. The molecule has 1 saturated heterocycles. The van der Waals surface area contributed by atoms with Crippen LogP contribution in [0.2, 0.25) is 18.1 Å². The first-order chi connectivity index (χ1) is 28.1. The minimum absolute atomic E-state index is 0.0342. The number of amides is 1. The molecular formula is C50H71NO7Si. The molecule has 0 aliphatic carbocycles. The van der Waals surface area contributed by atoms with E-state index in [9.17, 15) is 30.0 Å². The molecule has 0 bridgehead atoms. The van der Waals surface area contributed by atoms with Gasteiger partial charge in [0.25, 0.3) is 0 Å². The molecule has 1 aliphatic rings. The van der Waals surface area contributed by atoms with Gasteiger partial charge in [-0.15, -0.1) is 0 Å². The summed E-state index contributed by atoms with van der Waals surface area (Å²) in [7, 11) is -2.61. The summed E-state index contributed by atoms with van der Waals surface area (Å²) in [5.74, 6) is -1.09. The molecule has 4 aromatic rings. The zero-order chi connectivity index (χ0) is 42.6. The first-order valence-electron chi connectivity index (χ1n) is 22.3. The summed E-state index contributed by atoms with van der Waals surface area (Å²) >= 11 is 0. The van der Waals surface area contributed by atoms with E-state index in [1.807, 2.05) is 33.9 Å². The highest BCUT2D eigenvalue weighted by Gasteiger charge is 2.63. The van der Waals surface area contributed by atoms with Gasteiger partial charge in [0.2, 0.25) is 5.91 Å². The maximum absolute atomic E-state index is 14.0. The van der Waals surface area contributed by atoms with E-state index in [1.165, 1.54) is 32.7 Å². The quantitative estimate of drug-likeness (QED) is 0.0394. The summed E-state index contributed by atoms with van der Waals surface area (Å²) in [4.78, 5) is 27.3. The fraction of sp³-hybridized carbons (Fsp3) is 0.560. The van der Waals surface area contributed by atoms with Crippen LogP contribution in [0.5, 0.6) is 0 Å². The summed E-state index contributed by atoms with van der Waals surface area (Å²) in [5.41, 5.74) is -1.06. The standard InChI is InChI=1S/C50H71NO7Si/c1-49(2,3)59(4,5)48(56)44-46(54)50(57,42(52)28-16-12-8-6-10-14-22-36-30-32-38-24-18-20-26-40(38)34-36)45(47(55)58-44)51-43(53)29-17-13-9-7-11-15-23-37-31-33-39-25-19-21-27-41(39)35-37/h18-21,24-27,30-35,44-48,54-57H,6-17,22-23,28-29H2,1-5H3,(H,51,53)/t44-,45+,46+,47-,48?,50+/m0/s1. The van der Waals surface area contributed by atoms with Crippen LogP contribution in [0, 0.1) is 0 Å². The predicted molar refractivity (Wildman–Crippen MR) is 242 cm³/mol. The Kier molecular flexibility index (Phi) is 16.9. The fourth-order valence-corrected chi connectivity index (χ4v) is 10.4. The summed E-state index contributed by atoms with van der Waals surface area (Å²) < 4.78 is 5.83. The lowest BCUT2D eigenvalue weighted by atomic mass is 9.77. The molecule has 1 fully saturated rings. The van der Waals surface area contributed by atoms with Gasteiger partial charge >= 0.3 is 0 Å². The van der Waals surface area contributed by atoms with Crippen LogP contribution in [-0.2, 0) is 27.2 Å². The molecule has 4 aromatic carbocycles. The van der Waals surface area contributed by atoms with Crippen molar-refractivity contribution in [2.45, 2.75) is 178 Å². The molecule has 59 heavy (non-hydrogen) atoms. The van der Waals surface area contributed by atoms with Gasteiger partial charge in [0, 0.05) is 12.8 Å². The van der Waals surface area contributed by atoms with Gasteiger partial charge in [-0.05, 0) is 76.2 Å². The van der Waals surface area contributed by atoms with Gasteiger partial charge in [0.15, 0.2) is 17.7 Å². The number of aryl methyl sites for hydroxylation is 2. The molecule has 0 saturated carbocycles. The maximum Gasteiger partial charge on any atom is 0.220 e. The van der Waals surface area contributed by atoms with E-state index in [4.69, 9.17) is 4.74 Å². The third-order valence-electron chi connectivity index (χ3n) is 13.4. The number of unbranched alkanes of at least 4 members (excludes halogenated alkanes) is 10. The van der Waals surface area contributed by atoms with Gasteiger partial charge in [-0.3, -0.25) is 9.59 Å². The molecule has 1 heterocycles. The van der Waals surface area contributed by atoms with Gasteiger partial charge in [-0.1, -0.05) is 170 Å². The first kappa shape index (κ1) is 46.6. The highest BCUT2D eigenvalue weighted by atomic mass is 28.3. The van der Waals surface area contributed by atoms with Crippen LogP contribution < -0.4 is 5.32 Å². The number of hydrogen-bond donors (Lipinski definition) is 5. The molecule has 6 atom stereocenters. The number of ether oxygens (including phenoxy) is 1. The van der Waals surface area contributed by atoms with Crippen LogP contribution in [0.25, 0.3) is 21.5 Å². The maximum atomic E-state index is 14.0. The molecule has 9 heteroatoms. The topological polar surface area (TPSA) is 136 Å². The Bertz CT molecular complexity index is 1960. The molecule has 322 valence electrons. The molecular weight excluding hydrogens is 755 g/mol. The summed E-state index contributed by atoms with van der Waals surface area (Å²) in [6.07, 6.45) is 8.18. The number of carbonyl (C=O) groups excluding carboxylic acids is 2. The Morgan fingerprint density at radius 2 is 1.12 bits per heavy atom. The molecule has 5 N–H and O–H groups in total. The molecule has 0 aromatic heterocycles. The number of hydrogen-bond acceptors (Lipinski definition) is 7. The third-order valence-corrected chi connectivity index (χ3v) is 19.1. The number of fused-ring (bicyclic) bond motifs is 2. The highest BCUT2D eigenvalue weighted by Crippen LogP contribution is 2.43. The van der Waals surface area contributed by atoms with Crippen LogP contribution in [0.4, 0.5) is 0 Å². The number of aliphatic hydroxyl groups is 4. The van der Waals surface area contributed by atoms with Crippen LogP contribution in [-0.4, -0.2) is 76.1 Å². The molecule has 5 rings (SSSR count). The van der Waals surface area contributed by atoms with Crippen LogP contribution in [0.15, 0.2) is 84.9 Å². The van der Waals surface area contributed by atoms with Crippen molar-refractivity contribution in [1.29, 1.82) is 0 Å². The summed E-state index contributed by atoms with van der Waals surface area (Å²) in [6.45, 7) is 9.93. The van der Waals surface area contributed by atoms with E-state index in [2.05, 4.69) is 90.2 Å². The molecule has 1 unspecified atom stereocenters. The second-order valence-electron chi connectivity index (χ2n) is 18.8. The van der Waals surface area contributed by atoms with E-state index in [-0.39, 0.29) is 17.9 Å². The van der Waals surface area contributed by atoms with Crippen LogP contribution >= 0.6 is 0 Å². The van der Waals surface area contributed by atoms with Crippen molar-refractivity contribution in [2.75, 3.05) is 0 Å². The average Bonchev–Trinajstić information content (AvgIpc) is 3.21. The number of rotatable bonds is 22. The number of benzene rings is 4. The van der Waals surface area contributed by atoms with Crippen molar-refractivity contribution < 1.29 is 34.8 Å². The minimum Gasteiger partial charge on any atom is -0.394 e. The number of nitrogens with one attached hydrogen (secondary N) is 1. The van der Waals surface area contributed by atoms with Crippen molar-refractivity contribution in [3.63, 3.8) is 0 Å². The summed E-state index contributed by atoms with van der Waals surface area (Å²) in [5, 5.41) is 54.2. The van der Waals surface area contributed by atoms with Gasteiger partial charge < -0.3 is 30.5 Å². The largest absolute Gasteiger partial charge is 0.394 e. The van der Waals surface area contributed by atoms with Crippen molar-refractivity contribution in [3.05, 3.63) is 96.1 Å². The Morgan fingerprint density at radius 3 is 1.61 bits per heavy atom. The predicted octanol–water partition coefficient (Wildman–Crippen LogP) is 9.51. The Hall–Kier alpha value is -3.44. The Balaban J connectivity index is 1.09. The third kappa shape index (κ3) is 12.1. The number of aliphatic hydroxyl groups excluding tert-OH is 3. The lowest BCUT2D eigenvalue weighted by Gasteiger charge is -2.52. The SMILES string of the molecule is CC(C)(C)[Si](C)(C)C(O)[C@H]1O[C@H](O)[C@@H](NC(=O)CCCCCCCCc2ccc3ccccc3c2)[C@](O)(C(=O)CCCCCCCCc2ccc3ccccc3c2)[C@@H]1O. The normalized spacial score (nSPS) is 21.8. The molecule has 0 radical (unpaired) electrons. The molecule has 8 nitrogen and oxygen atoms in total. The van der Waals surface area contributed by atoms with Gasteiger partial charge in [-0.25, -0.2) is 0 Å². The Morgan fingerprint density at radius 1 is 0.678 bits per heavy atom. The highest BCUT2D eigenvalue weighted by molar-refractivity contribution is 6.81. The van der Waals surface area contributed by atoms with Crippen molar-refractivity contribution in [2.24, 2.45) is 0 Å². The minimum atomic E-state index is -2.61. The van der Waals surface area contributed by atoms with Gasteiger partial charge in [-0.2, -0.15) is 0 Å². The van der Waals surface area contributed by atoms with Gasteiger partial charge in [0.05, 0.1) is 13.8 Å². The average molecular weight is 826 g/mol. The van der Waals surface area contributed by atoms with Crippen molar-refractivity contribution >= 4 is 41.3 Å². The van der Waals surface area contributed by atoms with E-state index in [1.54, 1.807) is 0 Å². The molecule has 1 aliphatic heterocycles. The molecule has 0 spiro atoms. The lowest BCUT2D eigenvalue weighted by Crippen LogP contribution is -2.77. The van der Waals surface area contributed by atoms with E-state index in [0.717, 1.165) is 77.0 Å². The molecule has 1 amide bonds. The second-order valence-corrected chi connectivity index (χ2v) is 24.3. The monoisotopic (exact) mass is 825 g/mol. The number of carbonyl (C=O) groups is 2. The van der Waals surface area contributed by atoms with Crippen molar-refractivity contribution in [1.82, 2.24) is 5.32 Å². The van der Waals surface area contributed by atoms with E-state index >= 15 is 0 Å². The Labute approximate surface area is 353 Å². The second kappa shape index (κ2) is 21.4. The van der Waals surface area contributed by atoms with Gasteiger partial charge in [0.1, 0.15) is 18.2 Å². The summed E-state index contributed by atoms with van der Waals surface area (Å²) in [6, 6.07) is 28.5. The zero-order valence-electron chi connectivity index (χ0n) is 36.3.